The second-order valence-electron chi connectivity index (χ2n) is 7.84. The summed E-state index contributed by atoms with van der Waals surface area (Å²) in [5.74, 6) is 0.112. The lowest BCUT2D eigenvalue weighted by Gasteiger charge is -2.24. The average molecular weight is 448 g/mol. The number of amides is 1. The van der Waals surface area contributed by atoms with E-state index < -0.39 is 0 Å². The van der Waals surface area contributed by atoms with Gasteiger partial charge in [0.05, 0.1) is 5.69 Å². The van der Waals surface area contributed by atoms with E-state index in [2.05, 4.69) is 15.3 Å². The molecule has 1 aliphatic rings. The van der Waals surface area contributed by atoms with E-state index in [9.17, 15) is 9.18 Å². The third-order valence-electron chi connectivity index (χ3n) is 5.47. The second-order valence-corrected chi connectivity index (χ2v) is 8.27. The molecule has 0 bridgehead atoms. The van der Waals surface area contributed by atoms with Crippen LogP contribution in [0.1, 0.15) is 34.9 Å². The Morgan fingerprint density at radius 2 is 1.69 bits per heavy atom. The molecule has 0 spiro atoms. The topological polar surface area (TPSA) is 72.7 Å². The molecule has 160 valence electrons. The fourth-order valence-electron chi connectivity index (χ4n) is 4.10. The van der Waals surface area contributed by atoms with Crippen LogP contribution >= 0.6 is 11.6 Å². The number of fused-ring (bicyclic) bond motifs is 1. The van der Waals surface area contributed by atoms with Gasteiger partial charge in [-0.15, -0.1) is 0 Å². The van der Waals surface area contributed by atoms with Gasteiger partial charge in [-0.25, -0.2) is 14.4 Å². The largest absolute Gasteiger partial charge is 0.310 e. The van der Waals surface area contributed by atoms with Crippen LogP contribution in [-0.4, -0.2) is 25.7 Å². The second kappa shape index (κ2) is 7.84. The van der Waals surface area contributed by atoms with E-state index >= 15 is 0 Å². The number of halogens is 2. The van der Waals surface area contributed by atoms with Crippen molar-refractivity contribution >= 4 is 23.3 Å². The number of aromatic nitrogens is 4. The summed E-state index contributed by atoms with van der Waals surface area (Å²) in [7, 11) is 0. The van der Waals surface area contributed by atoms with Crippen LogP contribution in [-0.2, 0) is 4.79 Å². The molecule has 0 radical (unpaired) electrons. The molecule has 0 saturated carbocycles. The highest BCUT2D eigenvalue weighted by molar-refractivity contribution is 6.30. The summed E-state index contributed by atoms with van der Waals surface area (Å²) < 4.78 is 15.2. The van der Waals surface area contributed by atoms with Gasteiger partial charge in [0.25, 0.3) is 5.95 Å². The Morgan fingerprint density at radius 1 is 1.03 bits per heavy atom. The number of rotatable bonds is 3. The smallest absolute Gasteiger partial charge is 0.252 e. The molecular formula is C24H19ClFN5O. The molecule has 0 fully saturated rings. The Hall–Kier alpha value is -3.58. The van der Waals surface area contributed by atoms with E-state index in [0.29, 0.717) is 22.5 Å². The van der Waals surface area contributed by atoms with Crippen LogP contribution in [0.15, 0.2) is 54.6 Å². The molecule has 1 unspecified atom stereocenters. The van der Waals surface area contributed by atoms with Crippen LogP contribution in [0, 0.1) is 19.7 Å². The number of anilines is 1. The van der Waals surface area contributed by atoms with Gasteiger partial charge in [-0.1, -0.05) is 35.9 Å². The summed E-state index contributed by atoms with van der Waals surface area (Å²) in [4.78, 5) is 21.8. The molecule has 2 aromatic carbocycles. The van der Waals surface area contributed by atoms with Gasteiger partial charge in [0.1, 0.15) is 11.6 Å². The lowest BCUT2D eigenvalue weighted by Crippen LogP contribution is -2.25. The van der Waals surface area contributed by atoms with Crippen LogP contribution in [0.25, 0.3) is 17.2 Å². The van der Waals surface area contributed by atoms with Crippen molar-refractivity contribution in [3.63, 3.8) is 0 Å². The number of benzene rings is 2. The molecule has 0 aliphatic carbocycles. The van der Waals surface area contributed by atoms with Crippen molar-refractivity contribution in [3.8, 4) is 17.2 Å². The van der Waals surface area contributed by atoms with Gasteiger partial charge in [-0.3, -0.25) is 4.79 Å². The van der Waals surface area contributed by atoms with Crippen molar-refractivity contribution in [2.45, 2.75) is 26.2 Å². The number of aryl methyl sites for hydroxylation is 2. The van der Waals surface area contributed by atoms with E-state index in [1.165, 1.54) is 12.1 Å². The molecule has 1 aliphatic heterocycles. The minimum atomic E-state index is -0.327. The lowest BCUT2D eigenvalue weighted by molar-refractivity contribution is -0.116. The first-order chi connectivity index (χ1) is 15.4. The lowest BCUT2D eigenvalue weighted by atomic mass is 9.84. The molecule has 1 N–H and O–H groups in total. The Kier molecular flexibility index (Phi) is 4.98. The number of carbonyl (C=O) groups is 1. The van der Waals surface area contributed by atoms with Crippen LogP contribution < -0.4 is 5.32 Å². The zero-order valence-electron chi connectivity index (χ0n) is 17.4. The van der Waals surface area contributed by atoms with Crippen molar-refractivity contribution in [1.82, 2.24) is 19.7 Å². The predicted molar refractivity (Wildman–Crippen MR) is 121 cm³/mol. The maximum absolute atomic E-state index is 13.6. The summed E-state index contributed by atoms with van der Waals surface area (Å²) in [5.41, 5.74) is 4.79. The van der Waals surface area contributed by atoms with Crippen molar-refractivity contribution < 1.29 is 9.18 Å². The first kappa shape index (κ1) is 20.3. The minimum absolute atomic E-state index is 0.153. The van der Waals surface area contributed by atoms with Gasteiger partial charge in [0.2, 0.25) is 5.91 Å². The number of nitrogens with zero attached hydrogens (tertiary/aromatic N) is 4. The van der Waals surface area contributed by atoms with Crippen LogP contribution in [0.5, 0.6) is 0 Å². The van der Waals surface area contributed by atoms with Gasteiger partial charge in [-0.2, -0.15) is 9.78 Å². The van der Waals surface area contributed by atoms with E-state index in [-0.39, 0.29) is 24.1 Å². The van der Waals surface area contributed by atoms with E-state index in [1.54, 1.807) is 28.9 Å². The Balaban J connectivity index is 1.78. The number of carbonyl (C=O) groups excluding carboxylic acids is 1. The molecule has 1 amide bonds. The highest BCUT2D eigenvalue weighted by atomic mass is 35.5. The van der Waals surface area contributed by atoms with Crippen LogP contribution in [0.4, 0.5) is 10.2 Å². The molecule has 8 heteroatoms. The molecule has 32 heavy (non-hydrogen) atoms. The monoisotopic (exact) mass is 447 g/mol. The fourth-order valence-corrected chi connectivity index (χ4v) is 4.22. The third kappa shape index (κ3) is 3.65. The predicted octanol–water partition coefficient (Wildman–Crippen LogP) is 5.21. The summed E-state index contributed by atoms with van der Waals surface area (Å²) in [6, 6.07) is 15.5. The van der Waals surface area contributed by atoms with Crippen LogP contribution in [0.3, 0.4) is 0 Å². The molecule has 5 rings (SSSR count). The van der Waals surface area contributed by atoms with Crippen molar-refractivity contribution in [2.24, 2.45) is 0 Å². The van der Waals surface area contributed by atoms with Crippen LogP contribution in [0.2, 0.25) is 5.02 Å². The number of hydrogen-bond donors (Lipinski definition) is 1. The Bertz CT molecular complexity index is 1310. The third-order valence-corrected chi connectivity index (χ3v) is 5.72. The van der Waals surface area contributed by atoms with E-state index in [4.69, 9.17) is 16.7 Å². The van der Waals surface area contributed by atoms with Gasteiger partial charge >= 0.3 is 0 Å². The summed E-state index contributed by atoms with van der Waals surface area (Å²) in [6.45, 7) is 3.77. The van der Waals surface area contributed by atoms with Crippen molar-refractivity contribution in [3.05, 3.63) is 88.0 Å². The molecule has 3 heterocycles. The number of nitrogens with one attached hydrogen (secondary N) is 1. The maximum atomic E-state index is 13.6. The summed E-state index contributed by atoms with van der Waals surface area (Å²) >= 11 is 6.10. The Labute approximate surface area is 189 Å². The van der Waals surface area contributed by atoms with Crippen molar-refractivity contribution in [2.75, 3.05) is 5.32 Å². The van der Waals surface area contributed by atoms with Gasteiger partial charge in [-0.05, 0) is 49.7 Å². The standard InChI is InChI=1S/C24H19ClFN5O/c1-13-11-14(2)28-24(27-13)31-23-21(22(30-31)16-3-7-17(25)8-4-16)19(12-20(32)29-23)15-5-9-18(26)10-6-15/h3-11,19H,12H2,1-2H3,(H,29,32). The molecular weight excluding hydrogens is 429 g/mol. The quantitative estimate of drug-likeness (QED) is 0.467. The first-order valence-corrected chi connectivity index (χ1v) is 10.5. The molecule has 4 aromatic rings. The minimum Gasteiger partial charge on any atom is -0.310 e. The van der Waals surface area contributed by atoms with Gasteiger partial charge in [0.15, 0.2) is 0 Å². The number of hydrogen-bond acceptors (Lipinski definition) is 4. The molecule has 0 saturated heterocycles. The maximum Gasteiger partial charge on any atom is 0.252 e. The van der Waals surface area contributed by atoms with E-state index in [0.717, 1.165) is 28.1 Å². The fraction of sp³-hybridized carbons (Fsp3) is 0.167. The molecule has 6 nitrogen and oxygen atoms in total. The normalized spacial score (nSPS) is 15.4. The van der Waals surface area contributed by atoms with Gasteiger partial charge in [0, 0.05) is 39.9 Å². The van der Waals surface area contributed by atoms with E-state index in [1.807, 2.05) is 32.0 Å². The zero-order valence-corrected chi connectivity index (χ0v) is 18.2. The zero-order chi connectivity index (χ0) is 22.4. The highest BCUT2D eigenvalue weighted by Crippen LogP contribution is 2.43. The summed E-state index contributed by atoms with van der Waals surface area (Å²) in [6.07, 6.45) is 0.221. The molecule has 2 aromatic heterocycles. The van der Waals surface area contributed by atoms with Gasteiger partial charge < -0.3 is 5.32 Å². The molecule has 1 atom stereocenters. The highest BCUT2D eigenvalue weighted by Gasteiger charge is 2.35. The van der Waals surface area contributed by atoms with Crippen molar-refractivity contribution in [1.29, 1.82) is 0 Å². The summed E-state index contributed by atoms with van der Waals surface area (Å²) in [5, 5.41) is 8.41. The SMILES string of the molecule is Cc1cc(C)nc(-n2nc(-c3ccc(Cl)cc3)c3c2NC(=O)CC3c2ccc(F)cc2)n1. The Morgan fingerprint density at radius 3 is 2.34 bits per heavy atom. The first-order valence-electron chi connectivity index (χ1n) is 10.2. The average Bonchev–Trinajstić information content (AvgIpc) is 3.13.